The molecule has 0 N–H and O–H groups in total. The molecule has 9 nitrogen and oxygen atoms in total. The normalized spacial score (nSPS) is 10.8. The fourth-order valence-electron chi connectivity index (χ4n) is 2.60. The number of carbonyl (C=O) groups is 1. The molecule has 0 aliphatic carbocycles. The van der Waals surface area contributed by atoms with Gasteiger partial charge in [0.2, 0.25) is 0 Å². The molecule has 0 spiro atoms. The van der Waals surface area contributed by atoms with Gasteiger partial charge < -0.3 is 4.90 Å². The molecule has 0 aliphatic heterocycles. The number of carbonyl (C=O) groups excluding carboxylic acids is 1. The Kier molecular flexibility index (Phi) is 5.22. The van der Waals surface area contributed by atoms with Crippen LogP contribution in [0.1, 0.15) is 21.6 Å². The molecule has 0 saturated carbocycles. The summed E-state index contributed by atoms with van der Waals surface area (Å²) in [4.78, 5) is 24.4. The van der Waals surface area contributed by atoms with Gasteiger partial charge in [-0.15, -0.1) is 0 Å². The quantitative estimate of drug-likeness (QED) is 0.477. The van der Waals surface area contributed by atoms with Crippen molar-refractivity contribution in [2.24, 2.45) is 7.05 Å². The van der Waals surface area contributed by atoms with E-state index in [-0.39, 0.29) is 11.6 Å². The monoisotopic (exact) mass is 388 g/mol. The molecule has 3 aromatic rings. The van der Waals surface area contributed by atoms with Crippen molar-refractivity contribution in [3.05, 3.63) is 74.8 Å². The number of hydrogen-bond acceptors (Lipinski definition) is 5. The minimum Gasteiger partial charge on any atom is -0.336 e. The van der Waals surface area contributed by atoms with E-state index in [9.17, 15) is 14.9 Å². The highest BCUT2D eigenvalue weighted by atomic mass is 35.5. The van der Waals surface area contributed by atoms with Crippen LogP contribution in [0.25, 0.3) is 0 Å². The second-order valence-electron chi connectivity index (χ2n) is 6.07. The largest absolute Gasteiger partial charge is 0.336 e. The highest BCUT2D eigenvalue weighted by Crippen LogP contribution is 2.17. The minimum absolute atomic E-state index is 0.0581. The van der Waals surface area contributed by atoms with E-state index in [4.69, 9.17) is 11.6 Å². The summed E-state index contributed by atoms with van der Waals surface area (Å²) in [6, 6.07) is 7.03. The van der Waals surface area contributed by atoms with E-state index >= 15 is 0 Å². The van der Waals surface area contributed by atoms with Crippen LogP contribution in [0, 0.1) is 10.1 Å². The Labute approximate surface area is 159 Å². The van der Waals surface area contributed by atoms with Crippen LogP contribution in [0.3, 0.4) is 0 Å². The summed E-state index contributed by atoms with van der Waals surface area (Å²) in [5, 5.41) is 19.2. The Bertz CT molecular complexity index is 959. The summed E-state index contributed by atoms with van der Waals surface area (Å²) >= 11 is 6.09. The van der Waals surface area contributed by atoms with Gasteiger partial charge in [-0.2, -0.15) is 10.2 Å². The Morgan fingerprint density at radius 2 is 1.96 bits per heavy atom. The van der Waals surface area contributed by atoms with Gasteiger partial charge in [0.15, 0.2) is 0 Å². The number of benzene rings is 1. The van der Waals surface area contributed by atoms with E-state index in [0.717, 1.165) is 11.3 Å². The third-order valence-corrected chi connectivity index (χ3v) is 4.44. The molecular weight excluding hydrogens is 372 g/mol. The van der Waals surface area contributed by atoms with Gasteiger partial charge in [0, 0.05) is 19.7 Å². The molecule has 0 aliphatic rings. The molecule has 3 rings (SSSR count). The first-order valence-electron chi connectivity index (χ1n) is 8.03. The van der Waals surface area contributed by atoms with Gasteiger partial charge in [-0.3, -0.25) is 24.3 Å². The van der Waals surface area contributed by atoms with Crippen molar-refractivity contribution in [1.29, 1.82) is 0 Å². The number of aromatic nitrogens is 4. The van der Waals surface area contributed by atoms with Crippen LogP contribution in [0.5, 0.6) is 0 Å². The molecule has 2 heterocycles. The Morgan fingerprint density at radius 1 is 1.26 bits per heavy atom. The number of nitrogens with zero attached hydrogens (tertiary/aromatic N) is 6. The lowest BCUT2D eigenvalue weighted by Gasteiger charge is -2.18. The van der Waals surface area contributed by atoms with Crippen molar-refractivity contribution in [3.8, 4) is 0 Å². The first kappa shape index (κ1) is 18.6. The second kappa shape index (κ2) is 7.58. The number of aryl methyl sites for hydroxylation is 1. The van der Waals surface area contributed by atoms with E-state index in [2.05, 4.69) is 10.2 Å². The summed E-state index contributed by atoms with van der Waals surface area (Å²) < 4.78 is 3.12. The molecule has 0 saturated heterocycles. The minimum atomic E-state index is -0.490. The molecular formula is C17H17ClN6O3. The van der Waals surface area contributed by atoms with Gasteiger partial charge in [0.1, 0.15) is 12.4 Å². The van der Waals surface area contributed by atoms with Crippen LogP contribution in [-0.4, -0.2) is 42.3 Å². The Hall–Kier alpha value is -3.20. The summed E-state index contributed by atoms with van der Waals surface area (Å²) in [5.41, 5.74) is 2.11. The van der Waals surface area contributed by atoms with Gasteiger partial charge in [-0.1, -0.05) is 23.7 Å². The predicted octanol–water partition coefficient (Wildman–Crippen LogP) is 2.50. The van der Waals surface area contributed by atoms with Gasteiger partial charge in [0.25, 0.3) is 5.91 Å². The number of amides is 1. The fraction of sp³-hybridized carbons (Fsp3) is 0.235. The zero-order valence-corrected chi connectivity index (χ0v) is 15.5. The first-order valence-corrected chi connectivity index (χ1v) is 8.40. The number of halogens is 1. The van der Waals surface area contributed by atoms with Crippen molar-refractivity contribution in [1.82, 2.24) is 24.5 Å². The molecule has 0 fully saturated rings. The molecule has 1 aromatic carbocycles. The third kappa shape index (κ3) is 4.14. The van der Waals surface area contributed by atoms with Crippen LogP contribution >= 0.6 is 11.6 Å². The lowest BCUT2D eigenvalue weighted by atomic mass is 10.1. The SMILES string of the molecule is CN(Cc1c(Cl)cnn1C)C(=O)c1ccc(Cn2cc([N+](=O)[O-])cn2)cc1. The highest BCUT2D eigenvalue weighted by Gasteiger charge is 2.16. The van der Waals surface area contributed by atoms with E-state index in [1.165, 1.54) is 17.1 Å². The second-order valence-corrected chi connectivity index (χ2v) is 6.48. The fourth-order valence-corrected chi connectivity index (χ4v) is 2.83. The van der Waals surface area contributed by atoms with E-state index in [0.29, 0.717) is 23.7 Å². The predicted molar refractivity (Wildman–Crippen MR) is 98.4 cm³/mol. The van der Waals surface area contributed by atoms with Crippen LogP contribution < -0.4 is 0 Å². The lowest BCUT2D eigenvalue weighted by Crippen LogP contribution is -2.27. The van der Waals surface area contributed by atoms with Crippen LogP contribution in [0.4, 0.5) is 5.69 Å². The van der Waals surface area contributed by atoms with Crippen molar-refractivity contribution in [2.45, 2.75) is 13.1 Å². The van der Waals surface area contributed by atoms with Crippen molar-refractivity contribution in [3.63, 3.8) is 0 Å². The summed E-state index contributed by atoms with van der Waals surface area (Å²) in [7, 11) is 3.47. The van der Waals surface area contributed by atoms with E-state index < -0.39 is 4.92 Å². The van der Waals surface area contributed by atoms with E-state index in [1.807, 2.05) is 0 Å². The number of nitro groups is 1. The van der Waals surface area contributed by atoms with Crippen molar-refractivity contribution < 1.29 is 9.72 Å². The Morgan fingerprint density at radius 3 is 2.52 bits per heavy atom. The van der Waals surface area contributed by atoms with Crippen LogP contribution in [-0.2, 0) is 20.1 Å². The average molecular weight is 389 g/mol. The zero-order valence-electron chi connectivity index (χ0n) is 14.7. The van der Waals surface area contributed by atoms with E-state index in [1.54, 1.807) is 54.1 Å². The summed E-state index contributed by atoms with van der Waals surface area (Å²) in [6.45, 7) is 0.718. The highest BCUT2D eigenvalue weighted by molar-refractivity contribution is 6.31. The van der Waals surface area contributed by atoms with Gasteiger partial charge in [-0.25, -0.2) is 0 Å². The molecule has 0 unspecified atom stereocenters. The molecule has 0 atom stereocenters. The molecule has 10 heteroatoms. The molecule has 27 heavy (non-hydrogen) atoms. The maximum Gasteiger partial charge on any atom is 0.307 e. The Balaban J connectivity index is 1.66. The van der Waals surface area contributed by atoms with Crippen molar-refractivity contribution >= 4 is 23.2 Å². The molecule has 1 amide bonds. The molecule has 140 valence electrons. The average Bonchev–Trinajstić information content (AvgIpc) is 3.24. The molecule has 0 radical (unpaired) electrons. The number of hydrogen-bond donors (Lipinski definition) is 0. The summed E-state index contributed by atoms with van der Waals surface area (Å²) in [6.07, 6.45) is 4.12. The topological polar surface area (TPSA) is 99.1 Å². The standard InChI is InChI=1S/C17H17ClN6O3/c1-21(11-16-15(18)8-19-22(16)2)17(25)13-5-3-12(4-6-13)9-23-10-14(7-20-23)24(26)27/h3-8,10H,9,11H2,1-2H3. The summed E-state index contributed by atoms with van der Waals surface area (Å²) in [5.74, 6) is -0.145. The van der Waals surface area contributed by atoms with Crippen LogP contribution in [0.2, 0.25) is 5.02 Å². The number of rotatable bonds is 6. The molecule has 2 aromatic heterocycles. The van der Waals surface area contributed by atoms with Crippen molar-refractivity contribution in [2.75, 3.05) is 7.05 Å². The maximum atomic E-state index is 12.6. The van der Waals surface area contributed by atoms with Gasteiger partial charge in [-0.05, 0) is 17.7 Å². The third-order valence-electron chi connectivity index (χ3n) is 4.12. The van der Waals surface area contributed by atoms with Crippen LogP contribution in [0.15, 0.2) is 42.9 Å². The van der Waals surface area contributed by atoms with Gasteiger partial charge >= 0.3 is 5.69 Å². The van der Waals surface area contributed by atoms with Gasteiger partial charge in [0.05, 0.1) is 34.9 Å². The maximum absolute atomic E-state index is 12.6. The molecule has 0 bridgehead atoms. The zero-order chi connectivity index (χ0) is 19.6. The first-order chi connectivity index (χ1) is 12.8. The lowest BCUT2D eigenvalue weighted by molar-refractivity contribution is -0.385. The smallest absolute Gasteiger partial charge is 0.307 e.